The number of anilines is 1. The van der Waals surface area contributed by atoms with Crippen molar-refractivity contribution in [2.45, 2.75) is 38.5 Å². The van der Waals surface area contributed by atoms with Gasteiger partial charge in [-0.1, -0.05) is 25.7 Å². The Morgan fingerprint density at radius 1 is 1.15 bits per heavy atom. The minimum atomic E-state index is -1.25. The van der Waals surface area contributed by atoms with Crippen molar-refractivity contribution in [1.29, 1.82) is 0 Å². The van der Waals surface area contributed by atoms with Crippen molar-refractivity contribution in [2.75, 3.05) is 5.32 Å². The molecule has 2 N–H and O–H groups in total. The van der Waals surface area contributed by atoms with E-state index in [4.69, 9.17) is 5.11 Å². The van der Waals surface area contributed by atoms with Crippen molar-refractivity contribution < 1.29 is 19.1 Å². The SMILES string of the molecule is O=C(O)c1cc(F)ccc1NC(=O)C1CCCCCC1. The van der Waals surface area contributed by atoms with Gasteiger partial charge >= 0.3 is 5.97 Å². The van der Waals surface area contributed by atoms with Gasteiger partial charge < -0.3 is 10.4 Å². The van der Waals surface area contributed by atoms with Gasteiger partial charge in [0, 0.05) is 5.92 Å². The van der Waals surface area contributed by atoms with Crippen molar-refractivity contribution in [3.63, 3.8) is 0 Å². The van der Waals surface area contributed by atoms with E-state index in [2.05, 4.69) is 5.32 Å². The predicted molar refractivity (Wildman–Crippen MR) is 73.2 cm³/mol. The van der Waals surface area contributed by atoms with Gasteiger partial charge in [0.1, 0.15) is 5.82 Å². The van der Waals surface area contributed by atoms with Gasteiger partial charge in [-0.2, -0.15) is 0 Å². The zero-order chi connectivity index (χ0) is 14.5. The Labute approximate surface area is 117 Å². The highest BCUT2D eigenvalue weighted by molar-refractivity contribution is 6.01. The molecule has 0 atom stereocenters. The van der Waals surface area contributed by atoms with Crippen LogP contribution in [0, 0.1) is 11.7 Å². The molecular weight excluding hydrogens is 261 g/mol. The normalized spacial score (nSPS) is 16.4. The number of carbonyl (C=O) groups excluding carboxylic acids is 1. The van der Waals surface area contributed by atoms with Crippen molar-refractivity contribution in [3.05, 3.63) is 29.6 Å². The van der Waals surface area contributed by atoms with Gasteiger partial charge in [0.15, 0.2) is 0 Å². The maximum absolute atomic E-state index is 13.1. The standard InChI is InChI=1S/C15H18FNO3/c16-11-7-8-13(12(9-11)15(19)20)17-14(18)10-5-3-1-2-4-6-10/h7-10H,1-6H2,(H,17,18)(H,19,20). The van der Waals surface area contributed by atoms with Crippen LogP contribution in [0.1, 0.15) is 48.9 Å². The molecule has 0 aliphatic heterocycles. The number of hydrogen-bond donors (Lipinski definition) is 2. The number of carboxylic acids is 1. The van der Waals surface area contributed by atoms with Gasteiger partial charge in [-0.15, -0.1) is 0 Å². The summed E-state index contributed by atoms with van der Waals surface area (Å²) in [4.78, 5) is 23.3. The number of carboxylic acid groups (broad SMARTS) is 1. The van der Waals surface area contributed by atoms with E-state index in [1.807, 2.05) is 0 Å². The van der Waals surface area contributed by atoms with Crippen molar-refractivity contribution in [2.24, 2.45) is 5.92 Å². The van der Waals surface area contributed by atoms with Gasteiger partial charge in [0.05, 0.1) is 11.3 Å². The summed E-state index contributed by atoms with van der Waals surface area (Å²) in [6.07, 6.45) is 5.98. The third-order valence-electron chi connectivity index (χ3n) is 3.70. The lowest BCUT2D eigenvalue weighted by Crippen LogP contribution is -2.23. The third kappa shape index (κ3) is 3.56. The second kappa shape index (κ2) is 6.50. The Balaban J connectivity index is 2.12. The zero-order valence-corrected chi connectivity index (χ0v) is 11.2. The van der Waals surface area contributed by atoms with Crippen LogP contribution in [0.3, 0.4) is 0 Å². The number of benzene rings is 1. The van der Waals surface area contributed by atoms with Crippen LogP contribution in [-0.2, 0) is 4.79 Å². The molecule has 1 aromatic rings. The first kappa shape index (κ1) is 14.5. The average molecular weight is 279 g/mol. The van der Waals surface area contributed by atoms with E-state index in [1.165, 1.54) is 6.07 Å². The molecule has 0 heterocycles. The molecule has 0 saturated heterocycles. The van der Waals surface area contributed by atoms with E-state index in [9.17, 15) is 14.0 Å². The molecule has 0 unspecified atom stereocenters. The summed E-state index contributed by atoms with van der Waals surface area (Å²) in [6.45, 7) is 0. The number of rotatable bonds is 3. The Bertz CT molecular complexity index is 508. The molecule has 0 radical (unpaired) electrons. The minimum Gasteiger partial charge on any atom is -0.478 e. The second-order valence-corrected chi connectivity index (χ2v) is 5.17. The Kier molecular flexibility index (Phi) is 4.71. The fraction of sp³-hybridized carbons (Fsp3) is 0.467. The van der Waals surface area contributed by atoms with Crippen LogP contribution in [0.15, 0.2) is 18.2 Å². The second-order valence-electron chi connectivity index (χ2n) is 5.17. The molecule has 108 valence electrons. The molecule has 1 aromatic carbocycles. The Morgan fingerprint density at radius 3 is 2.40 bits per heavy atom. The molecule has 20 heavy (non-hydrogen) atoms. The number of carbonyl (C=O) groups is 2. The lowest BCUT2D eigenvalue weighted by atomic mass is 9.99. The number of aromatic carboxylic acids is 1. The van der Waals surface area contributed by atoms with Crippen LogP contribution >= 0.6 is 0 Å². The van der Waals surface area contributed by atoms with Crippen LogP contribution in [0.25, 0.3) is 0 Å². The molecule has 2 rings (SSSR count). The van der Waals surface area contributed by atoms with E-state index in [-0.39, 0.29) is 23.1 Å². The van der Waals surface area contributed by atoms with E-state index < -0.39 is 11.8 Å². The van der Waals surface area contributed by atoms with Gasteiger partial charge in [-0.3, -0.25) is 4.79 Å². The predicted octanol–water partition coefficient (Wildman–Crippen LogP) is 3.43. The number of nitrogens with one attached hydrogen (secondary N) is 1. The molecule has 1 saturated carbocycles. The topological polar surface area (TPSA) is 66.4 Å². The molecule has 0 aromatic heterocycles. The quantitative estimate of drug-likeness (QED) is 0.833. The Morgan fingerprint density at radius 2 is 1.80 bits per heavy atom. The highest BCUT2D eigenvalue weighted by Gasteiger charge is 2.22. The number of halogens is 1. The monoisotopic (exact) mass is 279 g/mol. The zero-order valence-electron chi connectivity index (χ0n) is 11.2. The fourth-order valence-electron chi connectivity index (χ4n) is 2.58. The molecule has 1 fully saturated rings. The first-order valence-corrected chi connectivity index (χ1v) is 6.91. The van der Waals surface area contributed by atoms with E-state index in [0.717, 1.165) is 50.7 Å². The minimum absolute atomic E-state index is 0.0794. The lowest BCUT2D eigenvalue weighted by Gasteiger charge is -2.15. The van der Waals surface area contributed by atoms with E-state index in [0.29, 0.717) is 0 Å². The van der Waals surface area contributed by atoms with Crippen LogP contribution in [0.4, 0.5) is 10.1 Å². The fourth-order valence-corrected chi connectivity index (χ4v) is 2.58. The van der Waals surface area contributed by atoms with Crippen LogP contribution in [0.5, 0.6) is 0 Å². The van der Waals surface area contributed by atoms with E-state index in [1.54, 1.807) is 0 Å². The maximum Gasteiger partial charge on any atom is 0.337 e. The lowest BCUT2D eigenvalue weighted by molar-refractivity contribution is -0.120. The summed E-state index contributed by atoms with van der Waals surface area (Å²) in [7, 11) is 0. The summed E-state index contributed by atoms with van der Waals surface area (Å²) in [5.74, 6) is -2.12. The van der Waals surface area contributed by atoms with Crippen molar-refractivity contribution >= 4 is 17.6 Å². The van der Waals surface area contributed by atoms with Crippen LogP contribution in [-0.4, -0.2) is 17.0 Å². The molecule has 4 nitrogen and oxygen atoms in total. The van der Waals surface area contributed by atoms with Crippen molar-refractivity contribution in [3.8, 4) is 0 Å². The smallest absolute Gasteiger partial charge is 0.337 e. The van der Waals surface area contributed by atoms with Crippen LogP contribution in [0.2, 0.25) is 0 Å². The largest absolute Gasteiger partial charge is 0.478 e. The number of amides is 1. The summed E-state index contributed by atoms with van der Waals surface area (Å²) in [5.41, 5.74) is -0.0554. The Hall–Kier alpha value is -1.91. The van der Waals surface area contributed by atoms with Gasteiger partial charge in [0.2, 0.25) is 5.91 Å². The van der Waals surface area contributed by atoms with Gasteiger partial charge in [-0.25, -0.2) is 9.18 Å². The molecular formula is C15H18FNO3. The van der Waals surface area contributed by atoms with E-state index >= 15 is 0 Å². The summed E-state index contributed by atoms with van der Waals surface area (Å²) >= 11 is 0. The van der Waals surface area contributed by atoms with Crippen LogP contribution < -0.4 is 5.32 Å². The molecule has 1 aliphatic carbocycles. The highest BCUT2D eigenvalue weighted by atomic mass is 19.1. The van der Waals surface area contributed by atoms with Gasteiger partial charge in [0.25, 0.3) is 0 Å². The molecule has 1 aliphatic rings. The summed E-state index contributed by atoms with van der Waals surface area (Å²) in [6, 6.07) is 3.37. The first-order chi connectivity index (χ1) is 9.58. The first-order valence-electron chi connectivity index (χ1n) is 6.91. The number of hydrogen-bond acceptors (Lipinski definition) is 2. The maximum atomic E-state index is 13.1. The molecule has 1 amide bonds. The van der Waals surface area contributed by atoms with Gasteiger partial charge in [-0.05, 0) is 31.0 Å². The summed E-state index contributed by atoms with van der Waals surface area (Å²) < 4.78 is 13.1. The molecule has 0 bridgehead atoms. The summed E-state index contributed by atoms with van der Waals surface area (Å²) in [5, 5.41) is 11.7. The molecule has 0 spiro atoms. The highest BCUT2D eigenvalue weighted by Crippen LogP contribution is 2.25. The van der Waals surface area contributed by atoms with Crippen molar-refractivity contribution in [1.82, 2.24) is 0 Å². The average Bonchev–Trinajstić information content (AvgIpc) is 2.69. The third-order valence-corrected chi connectivity index (χ3v) is 3.70. The molecule has 5 heteroatoms.